The van der Waals surface area contributed by atoms with Crippen molar-refractivity contribution in [3.8, 4) is 5.75 Å². The minimum absolute atomic E-state index is 0.201. The van der Waals surface area contributed by atoms with Crippen LogP contribution in [0, 0.1) is 0 Å². The number of carbonyl (C=O) groups excluding carboxylic acids is 2. The van der Waals surface area contributed by atoms with Crippen LogP contribution in [-0.2, 0) is 11.3 Å². The Kier molecular flexibility index (Phi) is 6.16. The molecule has 0 spiro atoms. The number of rotatable bonds is 6. The molecule has 1 atom stereocenters. The standard InChI is InChI=1S/C23H25N5O3/c1-31-19-11-9-18(10-12-19)24-22(29)20-8-5-14-28(20)23(30)25-21-13-15-27(26-21)16-17-6-3-2-4-7-17/h2-4,6-7,9-13,15,20H,5,8,14,16H2,1H3,(H,24,29)(H,25,26,30). The number of anilines is 2. The van der Waals surface area contributed by atoms with Gasteiger partial charge in [0.1, 0.15) is 11.8 Å². The molecule has 8 nitrogen and oxygen atoms in total. The summed E-state index contributed by atoms with van der Waals surface area (Å²) in [6.45, 7) is 1.14. The molecule has 1 saturated heterocycles. The highest BCUT2D eigenvalue weighted by molar-refractivity contribution is 5.99. The Morgan fingerprint density at radius 3 is 2.58 bits per heavy atom. The second kappa shape index (κ2) is 9.34. The average Bonchev–Trinajstić information content (AvgIpc) is 3.45. The Hall–Kier alpha value is -3.81. The van der Waals surface area contributed by atoms with Gasteiger partial charge >= 0.3 is 6.03 Å². The average molecular weight is 419 g/mol. The smallest absolute Gasteiger partial charge is 0.323 e. The molecule has 1 fully saturated rings. The summed E-state index contributed by atoms with van der Waals surface area (Å²) in [5, 5.41) is 10.1. The molecule has 4 rings (SSSR count). The number of likely N-dealkylation sites (tertiary alicyclic amines) is 1. The first kappa shape index (κ1) is 20.5. The van der Waals surface area contributed by atoms with Crippen LogP contribution in [0.25, 0.3) is 0 Å². The van der Waals surface area contributed by atoms with E-state index in [1.807, 2.05) is 36.5 Å². The summed E-state index contributed by atoms with van der Waals surface area (Å²) in [5.41, 5.74) is 1.79. The van der Waals surface area contributed by atoms with Crippen LogP contribution in [0.1, 0.15) is 18.4 Å². The monoisotopic (exact) mass is 419 g/mol. The van der Waals surface area contributed by atoms with E-state index in [0.29, 0.717) is 36.8 Å². The van der Waals surface area contributed by atoms with Gasteiger partial charge in [-0.15, -0.1) is 0 Å². The van der Waals surface area contributed by atoms with Crippen molar-refractivity contribution in [2.45, 2.75) is 25.4 Å². The largest absolute Gasteiger partial charge is 0.497 e. The maximum atomic E-state index is 12.8. The number of nitrogens with zero attached hydrogens (tertiary/aromatic N) is 3. The summed E-state index contributed by atoms with van der Waals surface area (Å²) >= 11 is 0. The summed E-state index contributed by atoms with van der Waals surface area (Å²) in [6.07, 6.45) is 3.22. The van der Waals surface area contributed by atoms with Crippen LogP contribution >= 0.6 is 0 Å². The second-order valence-corrected chi connectivity index (χ2v) is 7.38. The van der Waals surface area contributed by atoms with E-state index in [1.54, 1.807) is 47.0 Å². The third-order valence-corrected chi connectivity index (χ3v) is 5.24. The fraction of sp³-hybridized carbons (Fsp3) is 0.261. The number of carbonyl (C=O) groups is 2. The maximum Gasteiger partial charge on any atom is 0.323 e. The normalized spacial score (nSPS) is 15.5. The van der Waals surface area contributed by atoms with E-state index in [1.165, 1.54) is 0 Å². The molecule has 2 aromatic carbocycles. The van der Waals surface area contributed by atoms with E-state index in [4.69, 9.17) is 4.74 Å². The fourth-order valence-electron chi connectivity index (χ4n) is 3.65. The highest BCUT2D eigenvalue weighted by Crippen LogP contribution is 2.21. The van der Waals surface area contributed by atoms with Gasteiger partial charge in [-0.2, -0.15) is 5.10 Å². The zero-order chi connectivity index (χ0) is 21.6. The highest BCUT2D eigenvalue weighted by Gasteiger charge is 2.34. The lowest BCUT2D eigenvalue weighted by Gasteiger charge is -2.23. The van der Waals surface area contributed by atoms with E-state index in [9.17, 15) is 9.59 Å². The van der Waals surface area contributed by atoms with Crippen molar-refractivity contribution in [2.24, 2.45) is 0 Å². The number of hydrogen-bond donors (Lipinski definition) is 2. The number of amides is 3. The number of hydrogen-bond acceptors (Lipinski definition) is 4. The molecular formula is C23H25N5O3. The zero-order valence-electron chi connectivity index (χ0n) is 17.3. The predicted molar refractivity (Wildman–Crippen MR) is 118 cm³/mol. The minimum Gasteiger partial charge on any atom is -0.497 e. The summed E-state index contributed by atoms with van der Waals surface area (Å²) in [5.74, 6) is 0.973. The molecule has 3 amide bonds. The topological polar surface area (TPSA) is 88.5 Å². The number of urea groups is 1. The molecule has 0 aliphatic carbocycles. The van der Waals surface area contributed by atoms with Gasteiger partial charge in [0.2, 0.25) is 5.91 Å². The number of ether oxygens (including phenoxy) is 1. The summed E-state index contributed by atoms with van der Waals surface area (Å²) in [4.78, 5) is 27.1. The van der Waals surface area contributed by atoms with Gasteiger partial charge < -0.3 is 15.0 Å². The molecule has 1 aliphatic rings. The molecule has 2 heterocycles. The van der Waals surface area contributed by atoms with Crippen LogP contribution in [0.2, 0.25) is 0 Å². The van der Waals surface area contributed by atoms with Gasteiger partial charge in [-0.25, -0.2) is 4.79 Å². The second-order valence-electron chi connectivity index (χ2n) is 7.38. The molecule has 0 radical (unpaired) electrons. The Bertz CT molecular complexity index is 1030. The van der Waals surface area contributed by atoms with Crippen LogP contribution in [0.5, 0.6) is 5.75 Å². The molecule has 160 valence electrons. The molecule has 8 heteroatoms. The molecule has 1 aromatic heterocycles. The molecule has 0 bridgehead atoms. The SMILES string of the molecule is COc1ccc(NC(=O)C2CCCN2C(=O)Nc2ccn(Cc3ccccc3)n2)cc1. The zero-order valence-corrected chi connectivity index (χ0v) is 17.3. The minimum atomic E-state index is -0.520. The van der Waals surface area contributed by atoms with Crippen molar-refractivity contribution in [2.75, 3.05) is 24.3 Å². The molecule has 1 aliphatic heterocycles. The van der Waals surface area contributed by atoms with Crippen LogP contribution in [0.15, 0.2) is 66.9 Å². The lowest BCUT2D eigenvalue weighted by Crippen LogP contribution is -2.45. The third-order valence-electron chi connectivity index (χ3n) is 5.24. The molecule has 1 unspecified atom stereocenters. The highest BCUT2D eigenvalue weighted by atomic mass is 16.5. The van der Waals surface area contributed by atoms with Gasteiger partial charge in [0.15, 0.2) is 5.82 Å². The van der Waals surface area contributed by atoms with Crippen LogP contribution in [0.4, 0.5) is 16.3 Å². The Labute approximate surface area is 180 Å². The van der Waals surface area contributed by atoms with Crippen molar-refractivity contribution in [1.82, 2.24) is 14.7 Å². The number of nitrogens with one attached hydrogen (secondary N) is 2. The molecular weight excluding hydrogens is 394 g/mol. The van der Waals surface area contributed by atoms with Gasteiger partial charge in [-0.3, -0.25) is 14.8 Å². The molecule has 2 N–H and O–H groups in total. The lowest BCUT2D eigenvalue weighted by molar-refractivity contribution is -0.119. The van der Waals surface area contributed by atoms with Crippen molar-refractivity contribution >= 4 is 23.4 Å². The lowest BCUT2D eigenvalue weighted by atomic mass is 10.2. The van der Waals surface area contributed by atoms with E-state index in [-0.39, 0.29) is 11.9 Å². The van der Waals surface area contributed by atoms with Crippen molar-refractivity contribution in [3.05, 3.63) is 72.4 Å². The number of benzene rings is 2. The summed E-state index contributed by atoms with van der Waals surface area (Å²) in [7, 11) is 1.59. The van der Waals surface area contributed by atoms with E-state index in [2.05, 4.69) is 15.7 Å². The van der Waals surface area contributed by atoms with Crippen molar-refractivity contribution < 1.29 is 14.3 Å². The van der Waals surface area contributed by atoms with E-state index < -0.39 is 6.04 Å². The Morgan fingerprint density at radius 2 is 1.84 bits per heavy atom. The van der Waals surface area contributed by atoms with E-state index >= 15 is 0 Å². The number of aromatic nitrogens is 2. The molecule has 31 heavy (non-hydrogen) atoms. The van der Waals surface area contributed by atoms with Gasteiger partial charge in [-0.1, -0.05) is 30.3 Å². The van der Waals surface area contributed by atoms with Crippen LogP contribution in [0.3, 0.4) is 0 Å². The van der Waals surface area contributed by atoms with Crippen LogP contribution < -0.4 is 15.4 Å². The maximum absolute atomic E-state index is 12.8. The fourth-order valence-corrected chi connectivity index (χ4v) is 3.65. The Morgan fingerprint density at radius 1 is 1.06 bits per heavy atom. The summed E-state index contributed by atoms with van der Waals surface area (Å²) in [6, 6.07) is 18.0. The van der Waals surface area contributed by atoms with Gasteiger partial charge in [0.05, 0.1) is 13.7 Å². The third kappa shape index (κ3) is 5.03. The quantitative estimate of drug-likeness (QED) is 0.639. The van der Waals surface area contributed by atoms with E-state index in [0.717, 1.165) is 12.0 Å². The summed E-state index contributed by atoms with van der Waals surface area (Å²) < 4.78 is 6.90. The van der Waals surface area contributed by atoms with Gasteiger partial charge in [0, 0.05) is 24.5 Å². The molecule has 3 aromatic rings. The van der Waals surface area contributed by atoms with Gasteiger partial charge in [-0.05, 0) is 42.7 Å². The first-order chi connectivity index (χ1) is 15.1. The van der Waals surface area contributed by atoms with Crippen LogP contribution in [-0.4, -0.2) is 46.3 Å². The van der Waals surface area contributed by atoms with Gasteiger partial charge in [0.25, 0.3) is 0 Å². The predicted octanol–water partition coefficient (Wildman–Crippen LogP) is 3.58. The Balaban J connectivity index is 1.35. The van der Waals surface area contributed by atoms with Crippen molar-refractivity contribution in [3.63, 3.8) is 0 Å². The number of methoxy groups -OCH3 is 1. The first-order valence-electron chi connectivity index (χ1n) is 10.2. The first-order valence-corrected chi connectivity index (χ1v) is 10.2. The molecule has 0 saturated carbocycles. The van der Waals surface area contributed by atoms with Crippen molar-refractivity contribution in [1.29, 1.82) is 0 Å².